The molecule has 2 unspecified atom stereocenters. The first-order valence-electron chi connectivity index (χ1n) is 4.35. The summed E-state index contributed by atoms with van der Waals surface area (Å²) in [4.78, 5) is 0. The van der Waals surface area contributed by atoms with E-state index in [1.54, 1.807) is 0 Å². The molecule has 1 fully saturated rings. The molecule has 2 heteroatoms. The van der Waals surface area contributed by atoms with Gasteiger partial charge in [0.15, 0.2) is 0 Å². The molecule has 0 aromatic carbocycles. The molecule has 2 atom stereocenters. The van der Waals surface area contributed by atoms with E-state index in [9.17, 15) is 0 Å². The summed E-state index contributed by atoms with van der Waals surface area (Å²) in [7, 11) is 0. The Morgan fingerprint density at radius 3 is 1.70 bits per heavy atom. The van der Waals surface area contributed by atoms with Crippen molar-refractivity contribution in [1.82, 2.24) is 10.6 Å². The highest BCUT2D eigenvalue weighted by Crippen LogP contribution is 2.05. The highest BCUT2D eigenvalue weighted by molar-refractivity contribution is 4.84. The third-order valence-electron chi connectivity index (χ3n) is 2.30. The van der Waals surface area contributed by atoms with E-state index in [2.05, 4.69) is 24.5 Å². The predicted molar refractivity (Wildman–Crippen MR) is 44.2 cm³/mol. The second-order valence-electron chi connectivity index (χ2n) is 2.94. The van der Waals surface area contributed by atoms with E-state index in [4.69, 9.17) is 0 Å². The molecule has 1 aliphatic rings. The zero-order chi connectivity index (χ0) is 7.40. The minimum Gasteiger partial charge on any atom is -0.311 e. The van der Waals surface area contributed by atoms with Crippen molar-refractivity contribution in [3.63, 3.8) is 0 Å². The van der Waals surface area contributed by atoms with Gasteiger partial charge in [0.2, 0.25) is 0 Å². The van der Waals surface area contributed by atoms with Crippen LogP contribution in [0, 0.1) is 0 Å². The van der Waals surface area contributed by atoms with Gasteiger partial charge < -0.3 is 10.6 Å². The summed E-state index contributed by atoms with van der Waals surface area (Å²) in [5, 5.41) is 7.01. The first kappa shape index (κ1) is 8.02. The summed E-state index contributed by atoms with van der Waals surface area (Å²) in [5.74, 6) is 0. The van der Waals surface area contributed by atoms with Crippen LogP contribution in [0.4, 0.5) is 0 Å². The van der Waals surface area contributed by atoms with Crippen LogP contribution < -0.4 is 10.6 Å². The molecule has 0 radical (unpaired) electrons. The first-order chi connectivity index (χ1) is 4.88. The maximum Gasteiger partial charge on any atom is 0.0219 e. The van der Waals surface area contributed by atoms with Crippen LogP contribution >= 0.6 is 0 Å². The number of nitrogens with one attached hydrogen (secondary N) is 2. The van der Waals surface area contributed by atoms with Gasteiger partial charge in [-0.25, -0.2) is 0 Å². The van der Waals surface area contributed by atoms with Crippen molar-refractivity contribution in [1.29, 1.82) is 0 Å². The Morgan fingerprint density at radius 1 is 1.00 bits per heavy atom. The molecule has 1 rings (SSSR count). The van der Waals surface area contributed by atoms with Gasteiger partial charge in [-0.2, -0.15) is 0 Å². The van der Waals surface area contributed by atoms with Crippen LogP contribution in [-0.4, -0.2) is 25.2 Å². The van der Waals surface area contributed by atoms with E-state index >= 15 is 0 Å². The maximum atomic E-state index is 3.51. The topological polar surface area (TPSA) is 24.1 Å². The molecule has 1 saturated heterocycles. The molecule has 10 heavy (non-hydrogen) atoms. The lowest BCUT2D eigenvalue weighted by atomic mass is 10.0. The van der Waals surface area contributed by atoms with E-state index in [1.807, 2.05) is 0 Å². The summed E-state index contributed by atoms with van der Waals surface area (Å²) in [6.45, 7) is 6.75. The molecular weight excluding hydrogens is 124 g/mol. The largest absolute Gasteiger partial charge is 0.311 e. The number of rotatable bonds is 2. The Morgan fingerprint density at radius 2 is 1.40 bits per heavy atom. The number of hydrogen-bond donors (Lipinski definition) is 2. The molecule has 0 spiro atoms. The fraction of sp³-hybridized carbons (Fsp3) is 1.00. The zero-order valence-corrected chi connectivity index (χ0v) is 6.98. The number of piperazine rings is 1. The Kier molecular flexibility index (Phi) is 3.16. The Hall–Kier alpha value is -0.0800. The second kappa shape index (κ2) is 3.94. The Bertz CT molecular complexity index is 81.3. The highest BCUT2D eigenvalue weighted by Gasteiger charge is 2.19. The predicted octanol–water partition coefficient (Wildman–Crippen LogP) is 0.736. The van der Waals surface area contributed by atoms with Gasteiger partial charge >= 0.3 is 0 Å². The van der Waals surface area contributed by atoms with Crippen LogP contribution in [0.5, 0.6) is 0 Å². The third-order valence-corrected chi connectivity index (χ3v) is 2.30. The summed E-state index contributed by atoms with van der Waals surface area (Å²) in [6.07, 6.45) is 2.48. The molecule has 0 saturated carbocycles. The lowest BCUT2D eigenvalue weighted by Gasteiger charge is -2.32. The molecule has 2 nitrogen and oxygen atoms in total. The molecule has 60 valence electrons. The van der Waals surface area contributed by atoms with Crippen LogP contribution in [-0.2, 0) is 0 Å². The van der Waals surface area contributed by atoms with Gasteiger partial charge in [-0.15, -0.1) is 0 Å². The highest BCUT2D eigenvalue weighted by atomic mass is 15.1. The fourth-order valence-electron chi connectivity index (χ4n) is 1.66. The molecule has 0 aromatic heterocycles. The van der Waals surface area contributed by atoms with Crippen LogP contribution in [0.3, 0.4) is 0 Å². The van der Waals surface area contributed by atoms with Gasteiger partial charge in [-0.1, -0.05) is 13.8 Å². The summed E-state index contributed by atoms with van der Waals surface area (Å²) < 4.78 is 0. The molecule has 1 aliphatic heterocycles. The fourth-order valence-corrected chi connectivity index (χ4v) is 1.66. The number of hydrogen-bond acceptors (Lipinski definition) is 2. The first-order valence-corrected chi connectivity index (χ1v) is 4.35. The molecule has 1 heterocycles. The van der Waals surface area contributed by atoms with Crippen LogP contribution in [0.1, 0.15) is 26.7 Å². The Balaban J connectivity index is 2.34. The SMILES string of the molecule is CCC1NCCNC1CC. The molecule has 2 N–H and O–H groups in total. The zero-order valence-electron chi connectivity index (χ0n) is 6.98. The molecule has 0 aliphatic carbocycles. The van der Waals surface area contributed by atoms with E-state index in [0.29, 0.717) is 12.1 Å². The van der Waals surface area contributed by atoms with E-state index in [1.165, 1.54) is 12.8 Å². The summed E-state index contributed by atoms with van der Waals surface area (Å²) >= 11 is 0. The van der Waals surface area contributed by atoms with Crippen LogP contribution in [0.15, 0.2) is 0 Å². The van der Waals surface area contributed by atoms with E-state index in [-0.39, 0.29) is 0 Å². The van der Waals surface area contributed by atoms with E-state index < -0.39 is 0 Å². The molecule has 0 aromatic rings. The van der Waals surface area contributed by atoms with Gasteiger partial charge in [0.05, 0.1) is 0 Å². The van der Waals surface area contributed by atoms with Crippen molar-refractivity contribution < 1.29 is 0 Å². The van der Waals surface area contributed by atoms with Crippen molar-refractivity contribution in [3.05, 3.63) is 0 Å². The monoisotopic (exact) mass is 142 g/mol. The van der Waals surface area contributed by atoms with Crippen molar-refractivity contribution in [2.45, 2.75) is 38.8 Å². The summed E-state index contributed by atoms with van der Waals surface area (Å²) in [6, 6.07) is 1.41. The van der Waals surface area contributed by atoms with Gasteiger partial charge in [-0.3, -0.25) is 0 Å². The van der Waals surface area contributed by atoms with Gasteiger partial charge in [0.25, 0.3) is 0 Å². The lowest BCUT2D eigenvalue weighted by molar-refractivity contribution is 0.307. The minimum absolute atomic E-state index is 0.707. The van der Waals surface area contributed by atoms with Crippen molar-refractivity contribution in [2.24, 2.45) is 0 Å². The van der Waals surface area contributed by atoms with Gasteiger partial charge in [0.1, 0.15) is 0 Å². The Labute approximate surface area is 63.4 Å². The van der Waals surface area contributed by atoms with Crippen molar-refractivity contribution in [3.8, 4) is 0 Å². The van der Waals surface area contributed by atoms with Crippen LogP contribution in [0.2, 0.25) is 0 Å². The quantitative estimate of drug-likeness (QED) is 0.594. The lowest BCUT2D eigenvalue weighted by Crippen LogP contribution is -2.55. The smallest absolute Gasteiger partial charge is 0.0219 e. The normalized spacial score (nSPS) is 34.2. The standard InChI is InChI=1S/C8H18N2/c1-3-7-8(4-2)10-6-5-9-7/h7-10H,3-6H2,1-2H3. The van der Waals surface area contributed by atoms with Crippen molar-refractivity contribution in [2.75, 3.05) is 13.1 Å². The van der Waals surface area contributed by atoms with E-state index in [0.717, 1.165) is 13.1 Å². The van der Waals surface area contributed by atoms with Gasteiger partial charge in [0, 0.05) is 25.2 Å². The van der Waals surface area contributed by atoms with Crippen LogP contribution in [0.25, 0.3) is 0 Å². The third kappa shape index (κ3) is 1.70. The van der Waals surface area contributed by atoms with Crippen molar-refractivity contribution >= 4 is 0 Å². The average Bonchev–Trinajstić information content (AvgIpc) is 2.04. The average molecular weight is 142 g/mol. The molecular formula is C8H18N2. The molecule has 0 bridgehead atoms. The minimum atomic E-state index is 0.707. The van der Waals surface area contributed by atoms with Gasteiger partial charge in [-0.05, 0) is 12.8 Å². The summed E-state index contributed by atoms with van der Waals surface area (Å²) in [5.41, 5.74) is 0. The second-order valence-corrected chi connectivity index (χ2v) is 2.94. The molecule has 0 amide bonds. The maximum absolute atomic E-state index is 3.51.